The summed E-state index contributed by atoms with van der Waals surface area (Å²) in [6, 6.07) is 5.44. The van der Waals surface area contributed by atoms with Crippen molar-refractivity contribution in [3.8, 4) is 5.75 Å². The summed E-state index contributed by atoms with van der Waals surface area (Å²) in [5, 5.41) is 4.29. The number of likely N-dealkylation sites (tertiary alicyclic amines) is 1. The number of nitrogens with one attached hydrogen (secondary N) is 1. The van der Waals surface area contributed by atoms with Crippen LogP contribution in [0.5, 0.6) is 5.75 Å². The highest BCUT2D eigenvalue weighted by Gasteiger charge is 2.20. The fourth-order valence-corrected chi connectivity index (χ4v) is 2.55. The molecular formula is C14H20Cl2N2O. The van der Waals surface area contributed by atoms with Crippen LogP contribution in [-0.4, -0.2) is 44.2 Å². The quantitative estimate of drug-likeness (QED) is 0.905. The molecule has 0 atom stereocenters. The Morgan fingerprint density at radius 3 is 2.63 bits per heavy atom. The van der Waals surface area contributed by atoms with Crippen molar-refractivity contribution in [1.82, 2.24) is 10.2 Å². The zero-order valence-electron chi connectivity index (χ0n) is 11.2. The van der Waals surface area contributed by atoms with Crippen molar-refractivity contribution in [1.29, 1.82) is 0 Å². The fraction of sp³-hybridized carbons (Fsp3) is 0.571. The van der Waals surface area contributed by atoms with E-state index in [1.165, 1.54) is 0 Å². The van der Waals surface area contributed by atoms with E-state index in [9.17, 15) is 0 Å². The van der Waals surface area contributed by atoms with Crippen molar-refractivity contribution in [3.05, 3.63) is 28.2 Å². The molecule has 0 aliphatic carbocycles. The molecule has 1 aliphatic rings. The van der Waals surface area contributed by atoms with Gasteiger partial charge in [-0.2, -0.15) is 0 Å². The van der Waals surface area contributed by atoms with Crippen LogP contribution in [0, 0.1) is 0 Å². The first-order valence-corrected chi connectivity index (χ1v) is 7.43. The summed E-state index contributed by atoms with van der Waals surface area (Å²) in [4.78, 5) is 2.46. The third-order valence-corrected chi connectivity index (χ3v) is 4.15. The zero-order valence-corrected chi connectivity index (χ0v) is 12.7. The molecule has 0 amide bonds. The lowest BCUT2D eigenvalue weighted by molar-refractivity contribution is 0.101. The molecule has 1 fully saturated rings. The van der Waals surface area contributed by atoms with Crippen LogP contribution in [0.3, 0.4) is 0 Å². The van der Waals surface area contributed by atoms with Gasteiger partial charge in [0.05, 0.1) is 10.0 Å². The van der Waals surface area contributed by atoms with Gasteiger partial charge in [0, 0.05) is 32.2 Å². The average molecular weight is 303 g/mol. The van der Waals surface area contributed by atoms with Crippen LogP contribution in [0.4, 0.5) is 0 Å². The maximum atomic E-state index is 5.98. The monoisotopic (exact) mass is 302 g/mol. The summed E-state index contributed by atoms with van der Waals surface area (Å²) in [6.45, 7) is 4.33. The van der Waals surface area contributed by atoms with Crippen LogP contribution in [0.25, 0.3) is 0 Å². The largest absolute Gasteiger partial charge is 0.490 e. The molecule has 2 rings (SSSR count). The van der Waals surface area contributed by atoms with Crippen molar-refractivity contribution < 1.29 is 4.74 Å². The van der Waals surface area contributed by atoms with E-state index in [-0.39, 0.29) is 6.10 Å². The Morgan fingerprint density at radius 1 is 1.26 bits per heavy atom. The van der Waals surface area contributed by atoms with Crippen molar-refractivity contribution in [3.63, 3.8) is 0 Å². The second-order valence-electron chi connectivity index (χ2n) is 4.84. The van der Waals surface area contributed by atoms with Gasteiger partial charge in [0.15, 0.2) is 0 Å². The fourth-order valence-electron chi connectivity index (χ4n) is 2.26. The Bertz CT molecular complexity index is 406. The summed E-state index contributed by atoms with van der Waals surface area (Å²) in [5.41, 5.74) is 0. The van der Waals surface area contributed by atoms with Crippen molar-refractivity contribution in [2.45, 2.75) is 18.9 Å². The van der Waals surface area contributed by atoms with Crippen LogP contribution >= 0.6 is 23.2 Å². The maximum Gasteiger partial charge on any atom is 0.121 e. The Morgan fingerprint density at radius 2 is 2.00 bits per heavy atom. The standard InChI is InChI=1S/C14H20Cl2N2O/c1-17-6-9-18-7-4-11(5-8-18)19-12-2-3-13(15)14(16)10-12/h2-3,10-11,17H,4-9H2,1H3. The molecule has 0 aromatic heterocycles. The number of hydrogen-bond donors (Lipinski definition) is 1. The van der Waals surface area contributed by atoms with Gasteiger partial charge in [-0.05, 0) is 32.0 Å². The summed E-state index contributed by atoms with van der Waals surface area (Å²) in [5.74, 6) is 0.808. The highest BCUT2D eigenvalue weighted by Crippen LogP contribution is 2.28. The van der Waals surface area contributed by atoms with Crippen LogP contribution in [0.2, 0.25) is 10.0 Å². The summed E-state index contributed by atoms with van der Waals surface area (Å²) >= 11 is 11.9. The topological polar surface area (TPSA) is 24.5 Å². The number of halogens is 2. The molecule has 1 saturated heterocycles. The van der Waals surface area contributed by atoms with Gasteiger partial charge in [-0.1, -0.05) is 23.2 Å². The van der Waals surface area contributed by atoms with E-state index in [1.807, 2.05) is 13.1 Å². The minimum atomic E-state index is 0.281. The third-order valence-electron chi connectivity index (χ3n) is 3.41. The lowest BCUT2D eigenvalue weighted by Crippen LogP contribution is -2.40. The molecule has 19 heavy (non-hydrogen) atoms. The number of nitrogens with zero attached hydrogens (tertiary/aromatic N) is 1. The predicted molar refractivity (Wildman–Crippen MR) is 80.5 cm³/mol. The first-order valence-electron chi connectivity index (χ1n) is 6.67. The highest BCUT2D eigenvalue weighted by molar-refractivity contribution is 6.42. The highest BCUT2D eigenvalue weighted by atomic mass is 35.5. The summed E-state index contributed by atoms with van der Waals surface area (Å²) in [6.07, 6.45) is 2.40. The van der Waals surface area contributed by atoms with Crippen LogP contribution < -0.4 is 10.1 Å². The lowest BCUT2D eigenvalue weighted by atomic mass is 10.1. The van der Waals surface area contributed by atoms with Gasteiger partial charge in [0.1, 0.15) is 11.9 Å². The van der Waals surface area contributed by atoms with Gasteiger partial charge in [-0.3, -0.25) is 0 Å². The molecular weight excluding hydrogens is 283 g/mol. The second-order valence-corrected chi connectivity index (χ2v) is 5.65. The molecule has 1 aliphatic heterocycles. The van der Waals surface area contributed by atoms with Crippen molar-refractivity contribution >= 4 is 23.2 Å². The van der Waals surface area contributed by atoms with E-state index >= 15 is 0 Å². The molecule has 1 heterocycles. The molecule has 0 radical (unpaired) electrons. The molecule has 0 bridgehead atoms. The minimum absolute atomic E-state index is 0.281. The number of benzene rings is 1. The molecule has 106 valence electrons. The minimum Gasteiger partial charge on any atom is -0.490 e. The third kappa shape index (κ3) is 4.53. The Labute approximate surface area is 124 Å². The van der Waals surface area contributed by atoms with Crippen LogP contribution in [-0.2, 0) is 0 Å². The molecule has 1 N–H and O–H groups in total. The molecule has 1 aromatic rings. The van der Waals surface area contributed by atoms with E-state index in [1.54, 1.807) is 12.1 Å². The van der Waals surface area contributed by atoms with Gasteiger partial charge in [-0.15, -0.1) is 0 Å². The maximum absolute atomic E-state index is 5.98. The van der Waals surface area contributed by atoms with Crippen molar-refractivity contribution in [2.24, 2.45) is 0 Å². The van der Waals surface area contributed by atoms with Crippen LogP contribution in [0.15, 0.2) is 18.2 Å². The normalized spacial score (nSPS) is 17.6. The Kier molecular flexibility index (Phi) is 5.76. The van der Waals surface area contributed by atoms with Gasteiger partial charge < -0.3 is 15.0 Å². The molecule has 0 saturated carbocycles. The predicted octanol–water partition coefficient (Wildman–Crippen LogP) is 3.06. The van der Waals surface area contributed by atoms with Crippen LogP contribution in [0.1, 0.15) is 12.8 Å². The van der Waals surface area contributed by atoms with E-state index in [0.717, 1.165) is 44.8 Å². The molecule has 0 spiro atoms. The molecule has 1 aromatic carbocycles. The smallest absolute Gasteiger partial charge is 0.121 e. The Balaban J connectivity index is 1.80. The summed E-state index contributed by atoms with van der Waals surface area (Å²) in [7, 11) is 1.99. The van der Waals surface area contributed by atoms with E-state index in [2.05, 4.69) is 10.2 Å². The van der Waals surface area contributed by atoms with Gasteiger partial charge in [0.2, 0.25) is 0 Å². The van der Waals surface area contributed by atoms with E-state index in [4.69, 9.17) is 27.9 Å². The van der Waals surface area contributed by atoms with E-state index < -0.39 is 0 Å². The van der Waals surface area contributed by atoms with Crippen molar-refractivity contribution in [2.75, 3.05) is 33.2 Å². The Hall–Kier alpha value is -0.480. The van der Waals surface area contributed by atoms with E-state index in [0.29, 0.717) is 10.0 Å². The lowest BCUT2D eigenvalue weighted by Gasteiger charge is -2.32. The average Bonchev–Trinajstić information content (AvgIpc) is 2.42. The number of ether oxygens (including phenoxy) is 1. The SMILES string of the molecule is CNCCN1CCC(Oc2ccc(Cl)c(Cl)c2)CC1. The number of rotatable bonds is 5. The number of piperidine rings is 1. The first kappa shape index (κ1) is 14.9. The first-order chi connectivity index (χ1) is 9.19. The molecule has 0 unspecified atom stereocenters. The molecule has 3 nitrogen and oxygen atoms in total. The molecule has 5 heteroatoms. The number of likely N-dealkylation sites (N-methyl/N-ethyl adjacent to an activating group) is 1. The number of hydrogen-bond acceptors (Lipinski definition) is 3. The second kappa shape index (κ2) is 7.34. The zero-order chi connectivity index (χ0) is 13.7. The van der Waals surface area contributed by atoms with Gasteiger partial charge >= 0.3 is 0 Å². The summed E-state index contributed by atoms with van der Waals surface area (Å²) < 4.78 is 5.96. The van der Waals surface area contributed by atoms with Gasteiger partial charge in [-0.25, -0.2) is 0 Å². The van der Waals surface area contributed by atoms with Gasteiger partial charge in [0.25, 0.3) is 0 Å².